The summed E-state index contributed by atoms with van der Waals surface area (Å²) in [4.78, 5) is 0. The molecule has 0 aliphatic rings. The number of aryl methyl sites for hydroxylation is 2. The van der Waals surface area contributed by atoms with Crippen molar-refractivity contribution in [3.8, 4) is 0 Å². The van der Waals surface area contributed by atoms with Gasteiger partial charge in [-0.1, -0.05) is 107 Å². The highest BCUT2D eigenvalue weighted by Gasteiger charge is 2.23. The van der Waals surface area contributed by atoms with Gasteiger partial charge in [-0.05, 0) is 107 Å². The van der Waals surface area contributed by atoms with Crippen LogP contribution in [0.2, 0.25) is 0 Å². The fraction of sp³-hybridized carbons (Fsp3) is 0.657. The maximum absolute atomic E-state index is 4.86. The van der Waals surface area contributed by atoms with E-state index in [4.69, 9.17) is 4.52 Å². The molecule has 0 bridgehead atoms. The molecule has 2 heteroatoms. The molecule has 0 aromatic heterocycles. The van der Waals surface area contributed by atoms with Gasteiger partial charge in [-0.3, -0.25) is 0 Å². The van der Waals surface area contributed by atoms with Gasteiger partial charge < -0.3 is 4.52 Å². The SMILES string of the molecule is CCOPC.Cc1cc(C(C)(C)C)cc(C(C)(C)C)c1C.Cc1cc(C(C)(C)C)cc(C(C)(C)C)c1C. The zero-order valence-electron chi connectivity index (χ0n) is 27.9. The van der Waals surface area contributed by atoms with E-state index in [0.717, 1.165) is 6.61 Å². The Morgan fingerprint density at radius 3 is 1.00 bits per heavy atom. The van der Waals surface area contributed by atoms with Gasteiger partial charge in [0.15, 0.2) is 0 Å². The van der Waals surface area contributed by atoms with Crippen LogP contribution in [0.25, 0.3) is 0 Å². The lowest BCUT2D eigenvalue weighted by atomic mass is 9.77. The molecule has 212 valence electrons. The highest BCUT2D eigenvalue weighted by atomic mass is 31.1. The van der Waals surface area contributed by atoms with E-state index in [1.54, 1.807) is 0 Å². The van der Waals surface area contributed by atoms with Crippen LogP contribution < -0.4 is 0 Å². The molecular weight excluding hydrogens is 467 g/mol. The molecule has 1 atom stereocenters. The van der Waals surface area contributed by atoms with Crippen molar-refractivity contribution in [2.75, 3.05) is 13.3 Å². The van der Waals surface area contributed by atoms with Crippen LogP contribution in [0.1, 0.15) is 135 Å². The fourth-order valence-corrected chi connectivity index (χ4v) is 4.58. The molecule has 1 unspecified atom stereocenters. The third-order valence-corrected chi connectivity index (χ3v) is 7.55. The van der Waals surface area contributed by atoms with Gasteiger partial charge in [-0.25, -0.2) is 0 Å². The average Bonchev–Trinajstić information content (AvgIpc) is 2.70. The molecule has 0 radical (unpaired) electrons. The molecule has 0 amide bonds. The van der Waals surface area contributed by atoms with Gasteiger partial charge in [0, 0.05) is 15.4 Å². The van der Waals surface area contributed by atoms with Crippen LogP contribution in [0.3, 0.4) is 0 Å². The lowest BCUT2D eigenvalue weighted by Crippen LogP contribution is -2.18. The number of hydrogen-bond donors (Lipinski definition) is 0. The second-order valence-corrected chi connectivity index (χ2v) is 15.3. The minimum absolute atomic E-state index is 0.232. The summed E-state index contributed by atoms with van der Waals surface area (Å²) in [7, 11) is 0.658. The molecule has 0 spiro atoms. The van der Waals surface area contributed by atoms with Crippen molar-refractivity contribution in [1.82, 2.24) is 0 Å². The van der Waals surface area contributed by atoms with E-state index < -0.39 is 0 Å². The molecule has 0 saturated heterocycles. The lowest BCUT2D eigenvalue weighted by molar-refractivity contribution is 0.392. The molecule has 0 aliphatic carbocycles. The first-order valence-corrected chi connectivity index (χ1v) is 15.4. The third-order valence-electron chi connectivity index (χ3n) is 6.97. The number of rotatable bonds is 2. The summed E-state index contributed by atoms with van der Waals surface area (Å²) in [5.41, 5.74) is 12.5. The number of hydrogen-bond acceptors (Lipinski definition) is 1. The van der Waals surface area contributed by atoms with Gasteiger partial charge in [-0.2, -0.15) is 0 Å². The second-order valence-electron chi connectivity index (χ2n) is 14.6. The first-order chi connectivity index (χ1) is 16.5. The van der Waals surface area contributed by atoms with Crippen molar-refractivity contribution in [2.24, 2.45) is 0 Å². The van der Waals surface area contributed by atoms with Gasteiger partial charge in [0.2, 0.25) is 0 Å². The Bertz CT molecular complexity index is 905. The quantitative estimate of drug-likeness (QED) is 0.352. The zero-order chi connectivity index (χ0) is 29.6. The van der Waals surface area contributed by atoms with E-state index in [-0.39, 0.29) is 21.7 Å². The molecule has 0 fully saturated rings. The molecule has 0 N–H and O–H groups in total. The first kappa shape index (κ1) is 35.8. The zero-order valence-corrected chi connectivity index (χ0v) is 28.9. The summed E-state index contributed by atoms with van der Waals surface area (Å²) in [5.74, 6) is 0. The lowest BCUT2D eigenvalue weighted by Gasteiger charge is -2.28. The predicted molar refractivity (Wildman–Crippen MR) is 172 cm³/mol. The van der Waals surface area contributed by atoms with Gasteiger partial charge in [-0.15, -0.1) is 0 Å². The van der Waals surface area contributed by atoms with E-state index in [2.05, 4.69) is 135 Å². The van der Waals surface area contributed by atoms with Crippen molar-refractivity contribution in [3.63, 3.8) is 0 Å². The van der Waals surface area contributed by atoms with E-state index in [1.165, 1.54) is 44.5 Å². The Morgan fingerprint density at radius 1 is 0.541 bits per heavy atom. The normalized spacial score (nSPS) is 12.7. The van der Waals surface area contributed by atoms with E-state index >= 15 is 0 Å². The Labute approximate surface area is 234 Å². The maximum Gasteiger partial charge on any atom is 0.0477 e. The summed E-state index contributed by atoms with van der Waals surface area (Å²) in [5, 5.41) is 0. The third kappa shape index (κ3) is 11.6. The summed E-state index contributed by atoms with van der Waals surface area (Å²) in [6.45, 7) is 41.2. The van der Waals surface area contributed by atoms with Gasteiger partial charge >= 0.3 is 0 Å². The van der Waals surface area contributed by atoms with Crippen molar-refractivity contribution in [1.29, 1.82) is 0 Å². The van der Waals surface area contributed by atoms with Gasteiger partial charge in [0.1, 0.15) is 0 Å². The van der Waals surface area contributed by atoms with Crippen LogP contribution >= 0.6 is 8.81 Å². The van der Waals surface area contributed by atoms with Crippen molar-refractivity contribution < 1.29 is 4.52 Å². The average molecular weight is 529 g/mol. The van der Waals surface area contributed by atoms with Crippen molar-refractivity contribution >= 4 is 8.81 Å². The summed E-state index contributed by atoms with van der Waals surface area (Å²) < 4.78 is 4.86. The van der Waals surface area contributed by atoms with Crippen LogP contribution in [0.4, 0.5) is 0 Å². The molecule has 0 aliphatic heterocycles. The van der Waals surface area contributed by atoms with Crippen LogP contribution in [0.5, 0.6) is 0 Å². The highest BCUT2D eigenvalue weighted by molar-refractivity contribution is 7.31. The van der Waals surface area contributed by atoms with E-state index in [9.17, 15) is 0 Å². The smallest absolute Gasteiger partial charge is 0.0477 e. The molecule has 2 aromatic rings. The van der Waals surface area contributed by atoms with E-state index in [1.807, 2.05) is 13.6 Å². The molecular formula is C35H61OP. The monoisotopic (exact) mass is 528 g/mol. The molecule has 1 nitrogen and oxygen atoms in total. The van der Waals surface area contributed by atoms with Crippen LogP contribution in [-0.4, -0.2) is 13.3 Å². The molecule has 37 heavy (non-hydrogen) atoms. The Kier molecular flexibility index (Phi) is 13.3. The number of benzene rings is 2. The highest BCUT2D eigenvalue weighted by Crippen LogP contribution is 2.34. The van der Waals surface area contributed by atoms with Crippen LogP contribution in [0, 0.1) is 27.7 Å². The molecule has 2 rings (SSSR count). The van der Waals surface area contributed by atoms with Crippen molar-refractivity contribution in [2.45, 2.75) is 139 Å². The predicted octanol–water partition coefficient (Wildman–Crippen LogP) is 11.0. The van der Waals surface area contributed by atoms with Gasteiger partial charge in [0.05, 0.1) is 0 Å². The standard InChI is InChI=1S/2C16H26.C3H9OP/c2*1-11-9-13(15(3,4)5)10-14(12(11)2)16(6,7)8;1-3-4-5-2/h2*9-10H,1-8H3;5H,3H2,1-2H3. The summed E-state index contributed by atoms with van der Waals surface area (Å²) >= 11 is 0. The molecule has 0 saturated carbocycles. The minimum atomic E-state index is 0.232. The largest absolute Gasteiger partial charge is 0.363 e. The Morgan fingerprint density at radius 2 is 0.838 bits per heavy atom. The molecule has 2 aromatic carbocycles. The summed E-state index contributed by atoms with van der Waals surface area (Å²) in [6, 6.07) is 9.46. The maximum atomic E-state index is 4.86. The van der Waals surface area contributed by atoms with Crippen LogP contribution in [-0.2, 0) is 26.2 Å². The minimum Gasteiger partial charge on any atom is -0.363 e. The molecule has 0 heterocycles. The topological polar surface area (TPSA) is 9.23 Å². The summed E-state index contributed by atoms with van der Waals surface area (Å²) in [6.07, 6.45) is 0. The fourth-order valence-electron chi connectivity index (χ4n) is 4.29. The first-order valence-electron chi connectivity index (χ1n) is 14.0. The van der Waals surface area contributed by atoms with Gasteiger partial charge in [0.25, 0.3) is 0 Å². The Hall–Kier alpha value is -1.17. The Balaban J connectivity index is 0.000000594. The second kappa shape index (κ2) is 13.8. The van der Waals surface area contributed by atoms with E-state index in [0.29, 0.717) is 8.81 Å². The van der Waals surface area contributed by atoms with Crippen molar-refractivity contribution in [3.05, 3.63) is 68.8 Å². The van der Waals surface area contributed by atoms with Crippen LogP contribution in [0.15, 0.2) is 24.3 Å².